The van der Waals surface area contributed by atoms with E-state index in [4.69, 9.17) is 10.5 Å². The van der Waals surface area contributed by atoms with Gasteiger partial charge in [-0.15, -0.1) is 11.3 Å². The van der Waals surface area contributed by atoms with Gasteiger partial charge >= 0.3 is 0 Å². The smallest absolute Gasteiger partial charge is 0.271 e. The minimum absolute atomic E-state index is 0.260. The van der Waals surface area contributed by atoms with Crippen molar-refractivity contribution in [3.05, 3.63) is 93.8 Å². The molecule has 0 saturated heterocycles. The van der Waals surface area contributed by atoms with Gasteiger partial charge in [0, 0.05) is 32.2 Å². The summed E-state index contributed by atoms with van der Waals surface area (Å²) in [5.41, 5.74) is 11.3. The number of hydrogen-bond donors (Lipinski definition) is 3. The fourth-order valence-corrected chi connectivity index (χ4v) is 4.15. The van der Waals surface area contributed by atoms with E-state index in [1.54, 1.807) is 30.3 Å². The van der Waals surface area contributed by atoms with Crippen molar-refractivity contribution in [1.29, 1.82) is 0 Å². The number of halogens is 1. The summed E-state index contributed by atoms with van der Waals surface area (Å²) in [6.45, 7) is -0.260. The van der Waals surface area contributed by atoms with Crippen LogP contribution in [-0.4, -0.2) is 29.6 Å². The number of para-hydroxylation sites is 1. The van der Waals surface area contributed by atoms with E-state index in [0.29, 0.717) is 16.9 Å². The summed E-state index contributed by atoms with van der Waals surface area (Å²) in [4.78, 5) is 28.1. The Balaban J connectivity index is 1.38. The van der Waals surface area contributed by atoms with Gasteiger partial charge in [0.25, 0.3) is 11.8 Å². The molecule has 0 aliphatic rings. The molecule has 1 heterocycles. The highest BCUT2D eigenvalue weighted by Crippen LogP contribution is 2.27. The van der Waals surface area contributed by atoms with Crippen molar-refractivity contribution in [3.63, 3.8) is 0 Å². The van der Waals surface area contributed by atoms with Crippen LogP contribution in [0.3, 0.4) is 0 Å². The third-order valence-corrected chi connectivity index (χ3v) is 5.93. The molecule has 8 nitrogen and oxygen atoms in total. The quantitative estimate of drug-likeness (QED) is 0.202. The van der Waals surface area contributed by atoms with Crippen molar-refractivity contribution in [3.8, 4) is 17.0 Å². The summed E-state index contributed by atoms with van der Waals surface area (Å²) in [6, 6.07) is 22.1. The maximum atomic E-state index is 12.5. The first-order valence-corrected chi connectivity index (χ1v) is 12.1. The van der Waals surface area contributed by atoms with Crippen LogP contribution in [0.15, 0.2) is 87.8 Å². The van der Waals surface area contributed by atoms with Crippen LogP contribution in [0.25, 0.3) is 11.3 Å². The van der Waals surface area contributed by atoms with Crippen LogP contribution < -0.4 is 21.2 Å². The number of hydrazone groups is 1. The van der Waals surface area contributed by atoms with Crippen molar-refractivity contribution in [2.45, 2.75) is 0 Å². The van der Waals surface area contributed by atoms with E-state index >= 15 is 0 Å². The molecule has 0 aliphatic carbocycles. The normalized spacial score (nSPS) is 10.8. The summed E-state index contributed by atoms with van der Waals surface area (Å²) in [5, 5.41) is 10.0. The molecule has 3 aromatic carbocycles. The number of amides is 2. The maximum Gasteiger partial charge on any atom is 0.271 e. The van der Waals surface area contributed by atoms with E-state index in [-0.39, 0.29) is 12.5 Å². The van der Waals surface area contributed by atoms with Crippen LogP contribution in [0, 0.1) is 0 Å². The average molecular weight is 550 g/mol. The summed E-state index contributed by atoms with van der Waals surface area (Å²) >= 11 is 4.88. The second-order valence-corrected chi connectivity index (χ2v) is 9.02. The highest BCUT2D eigenvalue weighted by Gasteiger charge is 2.09. The van der Waals surface area contributed by atoms with Gasteiger partial charge in [-0.05, 0) is 42.5 Å². The van der Waals surface area contributed by atoms with E-state index in [2.05, 4.69) is 36.8 Å². The number of primary amides is 1. The largest absolute Gasteiger partial charge is 0.483 e. The van der Waals surface area contributed by atoms with E-state index in [0.717, 1.165) is 26.5 Å². The van der Waals surface area contributed by atoms with E-state index in [1.807, 2.05) is 47.8 Å². The van der Waals surface area contributed by atoms with Crippen LogP contribution >= 0.6 is 27.3 Å². The Labute approximate surface area is 214 Å². The zero-order valence-electron chi connectivity index (χ0n) is 18.3. The predicted molar refractivity (Wildman–Crippen MR) is 141 cm³/mol. The van der Waals surface area contributed by atoms with Gasteiger partial charge in [-0.25, -0.2) is 10.4 Å². The van der Waals surface area contributed by atoms with Gasteiger partial charge in [-0.1, -0.05) is 46.3 Å². The van der Waals surface area contributed by atoms with Gasteiger partial charge < -0.3 is 15.8 Å². The average Bonchev–Trinajstić information content (AvgIpc) is 3.32. The van der Waals surface area contributed by atoms with Gasteiger partial charge in [0.05, 0.1) is 11.9 Å². The number of nitrogens with two attached hydrogens (primary N) is 1. The molecule has 0 saturated carbocycles. The summed E-state index contributed by atoms with van der Waals surface area (Å²) in [5.74, 6) is -0.542. The zero-order valence-corrected chi connectivity index (χ0v) is 20.7. The lowest BCUT2D eigenvalue weighted by molar-refractivity contribution is -0.119. The molecule has 35 heavy (non-hydrogen) atoms. The minimum Gasteiger partial charge on any atom is -0.483 e. The molecule has 0 radical (unpaired) electrons. The first-order valence-electron chi connectivity index (χ1n) is 10.4. The molecule has 2 amide bonds. The zero-order chi connectivity index (χ0) is 24.6. The Morgan fingerprint density at radius 3 is 2.60 bits per heavy atom. The number of nitrogens with zero attached hydrogens (tertiary/aromatic N) is 2. The fraction of sp³-hybridized carbons (Fsp3) is 0.0400. The van der Waals surface area contributed by atoms with Gasteiger partial charge in [-0.3, -0.25) is 9.59 Å². The summed E-state index contributed by atoms with van der Waals surface area (Å²) in [7, 11) is 0. The molecule has 0 spiro atoms. The third kappa shape index (κ3) is 6.75. The van der Waals surface area contributed by atoms with Crippen LogP contribution in [0.1, 0.15) is 15.9 Å². The number of ether oxygens (including phenoxy) is 1. The number of carbonyl (C=O) groups excluding carboxylic acids is 2. The van der Waals surface area contributed by atoms with E-state index in [1.165, 1.54) is 17.6 Å². The predicted octanol–water partition coefficient (Wildman–Crippen LogP) is 4.94. The Bertz CT molecular complexity index is 1360. The first kappa shape index (κ1) is 24.1. The number of thiazole rings is 1. The molecule has 0 aliphatic heterocycles. The monoisotopic (exact) mass is 549 g/mol. The molecule has 4 rings (SSSR count). The van der Waals surface area contributed by atoms with Crippen molar-refractivity contribution < 1.29 is 14.3 Å². The summed E-state index contributed by atoms with van der Waals surface area (Å²) < 4.78 is 6.17. The topological polar surface area (TPSA) is 119 Å². The van der Waals surface area contributed by atoms with Crippen LogP contribution in [0.4, 0.5) is 10.8 Å². The number of hydrogen-bond acceptors (Lipinski definition) is 7. The van der Waals surface area contributed by atoms with Gasteiger partial charge in [0.2, 0.25) is 0 Å². The molecule has 0 fully saturated rings. The van der Waals surface area contributed by atoms with Crippen molar-refractivity contribution in [2.24, 2.45) is 10.8 Å². The van der Waals surface area contributed by atoms with Gasteiger partial charge in [0.15, 0.2) is 11.7 Å². The SMILES string of the molecule is NC(=O)COc1ccc(Br)cc1/C=N/NC(=O)c1ccc(-c2csc(Nc3ccccc3)n2)cc1. The standard InChI is InChI=1S/C25H20BrN5O3S/c26-19-10-11-22(34-14-23(27)32)18(12-19)13-28-31-24(33)17-8-6-16(7-9-17)21-15-35-25(30-21)29-20-4-2-1-3-5-20/h1-13,15H,14H2,(H2,27,32)(H,29,30)(H,31,33)/b28-13+. The number of aromatic nitrogens is 1. The molecule has 4 aromatic rings. The molecule has 4 N–H and O–H groups in total. The Morgan fingerprint density at radius 2 is 1.86 bits per heavy atom. The van der Waals surface area contributed by atoms with Crippen LogP contribution in [0.2, 0.25) is 0 Å². The maximum absolute atomic E-state index is 12.5. The lowest BCUT2D eigenvalue weighted by Gasteiger charge is -2.07. The summed E-state index contributed by atoms with van der Waals surface area (Å²) in [6.07, 6.45) is 1.43. The molecule has 10 heteroatoms. The van der Waals surface area contributed by atoms with E-state index in [9.17, 15) is 9.59 Å². The highest BCUT2D eigenvalue weighted by molar-refractivity contribution is 9.10. The molecule has 176 valence electrons. The van der Waals surface area contributed by atoms with E-state index < -0.39 is 5.91 Å². The molecule has 0 bridgehead atoms. The van der Waals surface area contributed by atoms with Crippen molar-refractivity contribution in [2.75, 3.05) is 11.9 Å². The lowest BCUT2D eigenvalue weighted by atomic mass is 10.1. The Morgan fingerprint density at radius 1 is 1.09 bits per heavy atom. The van der Waals surface area contributed by atoms with Crippen molar-refractivity contribution in [1.82, 2.24) is 10.4 Å². The highest BCUT2D eigenvalue weighted by atomic mass is 79.9. The van der Waals surface area contributed by atoms with Crippen LogP contribution in [-0.2, 0) is 4.79 Å². The molecule has 0 unspecified atom stereocenters. The Hall–Kier alpha value is -4.02. The molecular weight excluding hydrogens is 530 g/mol. The Kier molecular flexibility index (Phi) is 7.86. The molecule has 1 aromatic heterocycles. The van der Waals surface area contributed by atoms with Gasteiger partial charge in [0.1, 0.15) is 5.75 Å². The number of benzene rings is 3. The second-order valence-electron chi connectivity index (χ2n) is 7.24. The fourth-order valence-electron chi connectivity index (χ4n) is 3.03. The van der Waals surface area contributed by atoms with Crippen molar-refractivity contribution >= 4 is 56.1 Å². The number of carbonyl (C=O) groups is 2. The second kappa shape index (κ2) is 11.4. The molecule has 0 atom stereocenters. The number of nitrogens with one attached hydrogen (secondary N) is 2. The number of anilines is 2. The minimum atomic E-state index is -0.589. The number of rotatable bonds is 9. The molecular formula is C25H20BrN5O3S. The first-order chi connectivity index (χ1) is 17.0. The van der Waals surface area contributed by atoms with Gasteiger partial charge in [-0.2, -0.15) is 5.10 Å². The lowest BCUT2D eigenvalue weighted by Crippen LogP contribution is -2.20. The van der Waals surface area contributed by atoms with Crippen LogP contribution in [0.5, 0.6) is 5.75 Å². The third-order valence-electron chi connectivity index (χ3n) is 4.68.